The maximum Gasteiger partial charge on any atom is 0.251 e. The summed E-state index contributed by atoms with van der Waals surface area (Å²) < 4.78 is 1.11. The molecule has 1 aromatic carbocycles. The number of carbonyl (C=O) groups excluding carboxylic acids is 2. The average Bonchev–Trinajstić information content (AvgIpc) is 2.81. The Balaban J connectivity index is 1.69. The quantitative estimate of drug-likeness (QED) is 0.635. The number of rotatable bonds is 5. The Labute approximate surface area is 126 Å². The van der Waals surface area contributed by atoms with E-state index in [1.807, 2.05) is 29.2 Å². The first kappa shape index (κ1) is 14.3. The molecule has 1 aromatic rings. The molecule has 102 valence electrons. The molecule has 0 aromatic heterocycles. The van der Waals surface area contributed by atoms with Crippen molar-refractivity contribution in [3.63, 3.8) is 0 Å². The molecule has 4 nitrogen and oxygen atoms in total. The molecular formula is C14H17IN2O2. The standard InChI is InChI=1S/C14H17IN2O2/c15-12-6-4-11(5-7-12)14(19)16-8-2-10-17-9-1-3-13(17)18/h4-7H,1-3,8-10H2,(H,16,19). The molecule has 5 heteroatoms. The third-order valence-corrected chi connectivity index (χ3v) is 3.89. The number of carbonyl (C=O) groups is 2. The molecule has 19 heavy (non-hydrogen) atoms. The van der Waals surface area contributed by atoms with E-state index in [0.717, 1.165) is 29.5 Å². The first-order valence-corrected chi connectivity index (χ1v) is 7.56. The van der Waals surface area contributed by atoms with Gasteiger partial charge in [0.15, 0.2) is 0 Å². The molecule has 1 N–H and O–H groups in total. The van der Waals surface area contributed by atoms with Gasteiger partial charge in [-0.1, -0.05) is 0 Å². The van der Waals surface area contributed by atoms with Crippen molar-refractivity contribution in [2.24, 2.45) is 0 Å². The van der Waals surface area contributed by atoms with Crippen molar-refractivity contribution in [1.29, 1.82) is 0 Å². The number of benzene rings is 1. The van der Waals surface area contributed by atoms with Crippen molar-refractivity contribution in [3.05, 3.63) is 33.4 Å². The molecule has 0 spiro atoms. The number of halogens is 1. The molecule has 0 unspecified atom stereocenters. The van der Waals surface area contributed by atoms with Crippen LogP contribution in [0.1, 0.15) is 29.6 Å². The van der Waals surface area contributed by atoms with E-state index in [4.69, 9.17) is 0 Å². The minimum atomic E-state index is -0.0517. The van der Waals surface area contributed by atoms with Gasteiger partial charge in [0, 0.05) is 35.2 Å². The van der Waals surface area contributed by atoms with Crippen molar-refractivity contribution >= 4 is 34.4 Å². The van der Waals surface area contributed by atoms with Crippen molar-refractivity contribution in [1.82, 2.24) is 10.2 Å². The molecule has 0 bridgehead atoms. The van der Waals surface area contributed by atoms with E-state index in [0.29, 0.717) is 18.5 Å². The zero-order valence-corrected chi connectivity index (χ0v) is 12.9. The summed E-state index contributed by atoms with van der Waals surface area (Å²) in [4.78, 5) is 25.1. The molecule has 2 rings (SSSR count). The van der Waals surface area contributed by atoms with E-state index in [1.165, 1.54) is 0 Å². The lowest BCUT2D eigenvalue weighted by atomic mass is 10.2. The molecule has 1 fully saturated rings. The van der Waals surface area contributed by atoms with Crippen LogP contribution in [0, 0.1) is 3.57 Å². The summed E-state index contributed by atoms with van der Waals surface area (Å²) in [7, 11) is 0. The largest absolute Gasteiger partial charge is 0.352 e. The molecule has 0 radical (unpaired) electrons. The number of hydrogen-bond acceptors (Lipinski definition) is 2. The summed E-state index contributed by atoms with van der Waals surface area (Å²) in [5.41, 5.74) is 0.678. The fourth-order valence-corrected chi connectivity index (χ4v) is 2.48. The van der Waals surface area contributed by atoms with Gasteiger partial charge >= 0.3 is 0 Å². The number of nitrogens with one attached hydrogen (secondary N) is 1. The summed E-state index contributed by atoms with van der Waals surface area (Å²) in [6.07, 6.45) is 2.45. The topological polar surface area (TPSA) is 49.4 Å². The molecule has 2 amide bonds. The lowest BCUT2D eigenvalue weighted by Crippen LogP contribution is -2.30. The van der Waals surface area contributed by atoms with Crippen molar-refractivity contribution in [2.45, 2.75) is 19.3 Å². The van der Waals surface area contributed by atoms with Crippen LogP contribution in [0.5, 0.6) is 0 Å². The molecular weight excluding hydrogens is 355 g/mol. The van der Waals surface area contributed by atoms with E-state index in [2.05, 4.69) is 27.9 Å². The Morgan fingerprint density at radius 3 is 2.68 bits per heavy atom. The summed E-state index contributed by atoms with van der Waals surface area (Å²) in [6, 6.07) is 7.47. The molecule has 1 aliphatic rings. The highest BCUT2D eigenvalue weighted by molar-refractivity contribution is 14.1. The van der Waals surface area contributed by atoms with Crippen LogP contribution in [0.3, 0.4) is 0 Å². The molecule has 0 saturated carbocycles. The second kappa shape index (κ2) is 6.88. The second-order valence-corrected chi connectivity index (χ2v) is 5.85. The monoisotopic (exact) mass is 372 g/mol. The molecule has 1 heterocycles. The lowest BCUT2D eigenvalue weighted by Gasteiger charge is -2.15. The normalized spacial score (nSPS) is 14.8. The van der Waals surface area contributed by atoms with E-state index in [1.54, 1.807) is 0 Å². The van der Waals surface area contributed by atoms with Gasteiger partial charge in [-0.25, -0.2) is 0 Å². The Bertz CT molecular complexity index is 459. The maximum atomic E-state index is 11.8. The van der Waals surface area contributed by atoms with Gasteiger partial charge in [-0.05, 0) is 59.7 Å². The number of amides is 2. The van der Waals surface area contributed by atoms with E-state index < -0.39 is 0 Å². The van der Waals surface area contributed by atoms with Crippen LogP contribution in [-0.4, -0.2) is 36.3 Å². The van der Waals surface area contributed by atoms with Crippen molar-refractivity contribution in [3.8, 4) is 0 Å². The molecule has 0 aliphatic carbocycles. The van der Waals surface area contributed by atoms with Gasteiger partial charge < -0.3 is 10.2 Å². The fourth-order valence-electron chi connectivity index (χ4n) is 2.12. The smallest absolute Gasteiger partial charge is 0.251 e. The average molecular weight is 372 g/mol. The molecule has 0 atom stereocenters. The Hall–Kier alpha value is -1.11. The summed E-state index contributed by atoms with van der Waals surface area (Å²) in [6.45, 7) is 2.21. The minimum Gasteiger partial charge on any atom is -0.352 e. The van der Waals surface area contributed by atoms with Gasteiger partial charge in [0.1, 0.15) is 0 Å². The zero-order chi connectivity index (χ0) is 13.7. The van der Waals surface area contributed by atoms with Crippen LogP contribution in [-0.2, 0) is 4.79 Å². The van der Waals surface area contributed by atoms with Crippen LogP contribution in [0.25, 0.3) is 0 Å². The second-order valence-electron chi connectivity index (χ2n) is 4.60. The molecule has 1 saturated heterocycles. The fraction of sp³-hybridized carbons (Fsp3) is 0.429. The molecule has 1 aliphatic heterocycles. The van der Waals surface area contributed by atoms with Gasteiger partial charge in [-0.2, -0.15) is 0 Å². The number of likely N-dealkylation sites (tertiary alicyclic amines) is 1. The van der Waals surface area contributed by atoms with Crippen LogP contribution in [0.4, 0.5) is 0 Å². The van der Waals surface area contributed by atoms with E-state index in [9.17, 15) is 9.59 Å². The minimum absolute atomic E-state index is 0.0517. The first-order chi connectivity index (χ1) is 9.16. The lowest BCUT2D eigenvalue weighted by molar-refractivity contribution is -0.127. The van der Waals surface area contributed by atoms with Gasteiger partial charge in [0.05, 0.1) is 0 Å². The number of nitrogens with zero attached hydrogens (tertiary/aromatic N) is 1. The predicted molar refractivity (Wildman–Crippen MR) is 81.9 cm³/mol. The maximum absolute atomic E-state index is 11.8. The highest BCUT2D eigenvalue weighted by Gasteiger charge is 2.18. The van der Waals surface area contributed by atoms with E-state index >= 15 is 0 Å². The zero-order valence-electron chi connectivity index (χ0n) is 10.7. The summed E-state index contributed by atoms with van der Waals surface area (Å²) >= 11 is 2.21. The number of hydrogen-bond donors (Lipinski definition) is 1. The summed E-state index contributed by atoms with van der Waals surface area (Å²) in [5, 5.41) is 2.88. The van der Waals surface area contributed by atoms with Crippen LogP contribution in [0.15, 0.2) is 24.3 Å². The van der Waals surface area contributed by atoms with Gasteiger partial charge in [0.25, 0.3) is 5.91 Å². The highest BCUT2D eigenvalue weighted by Crippen LogP contribution is 2.09. The van der Waals surface area contributed by atoms with Crippen molar-refractivity contribution in [2.75, 3.05) is 19.6 Å². The van der Waals surface area contributed by atoms with Gasteiger partial charge in [0.2, 0.25) is 5.91 Å². The summed E-state index contributed by atoms with van der Waals surface area (Å²) in [5.74, 6) is 0.188. The first-order valence-electron chi connectivity index (χ1n) is 6.48. The van der Waals surface area contributed by atoms with Crippen LogP contribution in [0.2, 0.25) is 0 Å². The van der Waals surface area contributed by atoms with E-state index in [-0.39, 0.29) is 11.8 Å². The third-order valence-electron chi connectivity index (χ3n) is 3.17. The van der Waals surface area contributed by atoms with Gasteiger partial charge in [-0.15, -0.1) is 0 Å². The Morgan fingerprint density at radius 1 is 1.32 bits per heavy atom. The Morgan fingerprint density at radius 2 is 2.05 bits per heavy atom. The predicted octanol–water partition coefficient (Wildman–Crippen LogP) is 2.03. The Kier molecular flexibility index (Phi) is 5.18. The SMILES string of the molecule is O=C(NCCCN1CCCC1=O)c1ccc(I)cc1. The highest BCUT2D eigenvalue weighted by atomic mass is 127. The third kappa shape index (κ3) is 4.19. The van der Waals surface area contributed by atoms with Crippen LogP contribution >= 0.6 is 22.6 Å². The van der Waals surface area contributed by atoms with Crippen LogP contribution < -0.4 is 5.32 Å². The van der Waals surface area contributed by atoms with Gasteiger partial charge in [-0.3, -0.25) is 9.59 Å². The van der Waals surface area contributed by atoms with Crippen molar-refractivity contribution < 1.29 is 9.59 Å².